The number of furan rings is 1. The van der Waals surface area contributed by atoms with E-state index in [1.54, 1.807) is 21.0 Å². The highest BCUT2D eigenvalue weighted by Crippen LogP contribution is 2.16. The van der Waals surface area contributed by atoms with Crippen molar-refractivity contribution in [3.8, 4) is 0 Å². The van der Waals surface area contributed by atoms with Crippen molar-refractivity contribution in [3.05, 3.63) is 57.4 Å². The summed E-state index contributed by atoms with van der Waals surface area (Å²) in [5.41, 5.74) is 0.247. The molecule has 0 radical (unpaired) electrons. The number of carboxylic acid groups (broad SMARTS) is 1. The third kappa shape index (κ3) is 3.08. The van der Waals surface area contributed by atoms with Gasteiger partial charge in [-0.25, -0.2) is 4.79 Å². The summed E-state index contributed by atoms with van der Waals surface area (Å²) in [5.74, 6) is -0.679. The smallest absolute Gasteiger partial charge is 0.339 e. The second-order valence-corrected chi connectivity index (χ2v) is 5.02. The van der Waals surface area contributed by atoms with Crippen LogP contribution in [0.25, 0.3) is 0 Å². The standard InChI is InChI=1S/C15H16N2O5/c1-9-12(15(20)21)6-11(22-9)8-17(3)14(19)10-4-5-13(18)16(2)7-10/h4-7H,8H2,1-3H3,(H,20,21). The van der Waals surface area contributed by atoms with Crippen LogP contribution in [-0.2, 0) is 13.6 Å². The zero-order valence-corrected chi connectivity index (χ0v) is 12.5. The third-order valence-electron chi connectivity index (χ3n) is 3.27. The number of carbonyl (C=O) groups excluding carboxylic acids is 1. The van der Waals surface area contributed by atoms with Gasteiger partial charge in [0.15, 0.2) is 0 Å². The largest absolute Gasteiger partial charge is 0.478 e. The molecule has 0 unspecified atom stereocenters. The second kappa shape index (κ2) is 5.88. The Morgan fingerprint density at radius 3 is 2.59 bits per heavy atom. The lowest BCUT2D eigenvalue weighted by Gasteiger charge is -2.16. The van der Waals surface area contributed by atoms with Crippen LogP contribution in [0.2, 0.25) is 0 Å². The van der Waals surface area contributed by atoms with Gasteiger partial charge >= 0.3 is 5.97 Å². The molecule has 0 saturated carbocycles. The maximum atomic E-state index is 12.3. The van der Waals surface area contributed by atoms with E-state index in [0.29, 0.717) is 17.1 Å². The van der Waals surface area contributed by atoms with Gasteiger partial charge in [0.25, 0.3) is 5.91 Å². The molecule has 1 amide bonds. The zero-order chi connectivity index (χ0) is 16.4. The lowest BCUT2D eigenvalue weighted by Crippen LogP contribution is -2.27. The van der Waals surface area contributed by atoms with Gasteiger partial charge in [-0.05, 0) is 19.1 Å². The fourth-order valence-corrected chi connectivity index (χ4v) is 2.08. The number of carbonyl (C=O) groups is 2. The summed E-state index contributed by atoms with van der Waals surface area (Å²) in [5, 5.41) is 8.98. The van der Waals surface area contributed by atoms with Gasteiger partial charge in [0, 0.05) is 26.4 Å². The van der Waals surface area contributed by atoms with Gasteiger partial charge in [0.05, 0.1) is 12.1 Å². The molecule has 1 N–H and O–H groups in total. The van der Waals surface area contributed by atoms with Crippen molar-refractivity contribution in [1.82, 2.24) is 9.47 Å². The van der Waals surface area contributed by atoms with Crippen LogP contribution < -0.4 is 5.56 Å². The first kappa shape index (κ1) is 15.6. The van der Waals surface area contributed by atoms with Gasteiger partial charge in [0.1, 0.15) is 17.1 Å². The Hall–Kier alpha value is -2.83. The van der Waals surface area contributed by atoms with Gasteiger partial charge in [-0.3, -0.25) is 9.59 Å². The molecule has 2 aromatic rings. The summed E-state index contributed by atoms with van der Waals surface area (Å²) < 4.78 is 6.67. The number of aryl methyl sites for hydroxylation is 2. The second-order valence-electron chi connectivity index (χ2n) is 5.02. The quantitative estimate of drug-likeness (QED) is 0.918. The molecule has 0 saturated heterocycles. The number of rotatable bonds is 4. The van der Waals surface area contributed by atoms with Crippen LogP contribution in [0.4, 0.5) is 0 Å². The number of nitrogens with zero attached hydrogens (tertiary/aromatic N) is 2. The molecule has 0 spiro atoms. The van der Waals surface area contributed by atoms with Crippen molar-refractivity contribution in [1.29, 1.82) is 0 Å². The summed E-state index contributed by atoms with van der Waals surface area (Å²) in [6.07, 6.45) is 1.46. The summed E-state index contributed by atoms with van der Waals surface area (Å²) in [4.78, 5) is 36.0. The van der Waals surface area contributed by atoms with Crippen LogP contribution in [0.1, 0.15) is 32.2 Å². The van der Waals surface area contributed by atoms with E-state index in [2.05, 4.69) is 0 Å². The lowest BCUT2D eigenvalue weighted by molar-refractivity contribution is 0.0694. The van der Waals surface area contributed by atoms with Gasteiger partial charge in [0.2, 0.25) is 5.56 Å². The molecule has 0 atom stereocenters. The number of hydrogen-bond donors (Lipinski definition) is 1. The van der Waals surface area contributed by atoms with E-state index in [9.17, 15) is 14.4 Å². The minimum atomic E-state index is -1.07. The molecule has 0 fully saturated rings. The Morgan fingerprint density at radius 1 is 1.36 bits per heavy atom. The molecule has 116 valence electrons. The molecule has 0 bridgehead atoms. The molecule has 0 aromatic carbocycles. The monoisotopic (exact) mass is 304 g/mol. The fourth-order valence-electron chi connectivity index (χ4n) is 2.08. The predicted molar refractivity (Wildman–Crippen MR) is 77.9 cm³/mol. The zero-order valence-electron chi connectivity index (χ0n) is 12.5. The Labute approximate surface area is 126 Å². The van der Waals surface area contributed by atoms with Gasteiger partial charge in [-0.2, -0.15) is 0 Å². The molecule has 2 aromatic heterocycles. The van der Waals surface area contributed by atoms with Gasteiger partial charge < -0.3 is 19.0 Å². The molecule has 0 aliphatic rings. The highest BCUT2D eigenvalue weighted by Gasteiger charge is 2.18. The van der Waals surface area contributed by atoms with E-state index < -0.39 is 5.97 Å². The lowest BCUT2D eigenvalue weighted by atomic mass is 10.2. The SMILES string of the molecule is Cc1oc(CN(C)C(=O)c2ccc(=O)n(C)c2)cc1C(=O)O. The number of aromatic nitrogens is 1. The van der Waals surface area contributed by atoms with Crippen molar-refractivity contribution in [3.63, 3.8) is 0 Å². The molecule has 22 heavy (non-hydrogen) atoms. The van der Waals surface area contributed by atoms with Crippen molar-refractivity contribution < 1.29 is 19.1 Å². The number of carboxylic acids is 1. The predicted octanol–water partition coefficient (Wildman–Crippen LogP) is 1.26. The van der Waals surface area contributed by atoms with Crippen LogP contribution in [0.5, 0.6) is 0 Å². The average molecular weight is 304 g/mol. The van der Waals surface area contributed by atoms with Crippen LogP contribution in [-0.4, -0.2) is 33.5 Å². The van der Waals surface area contributed by atoms with Gasteiger partial charge in [-0.15, -0.1) is 0 Å². The molecule has 0 aliphatic heterocycles. The van der Waals surface area contributed by atoms with Crippen molar-refractivity contribution >= 4 is 11.9 Å². The summed E-state index contributed by atoms with van der Waals surface area (Å²) in [6.45, 7) is 1.69. The first-order valence-corrected chi connectivity index (χ1v) is 6.54. The minimum absolute atomic E-state index is 0.0814. The fraction of sp³-hybridized carbons (Fsp3) is 0.267. The maximum absolute atomic E-state index is 12.3. The van der Waals surface area contributed by atoms with E-state index in [0.717, 1.165) is 0 Å². The Balaban J connectivity index is 2.17. The van der Waals surface area contributed by atoms with E-state index in [-0.39, 0.29) is 23.6 Å². The summed E-state index contributed by atoms with van der Waals surface area (Å²) in [6, 6.07) is 4.18. The van der Waals surface area contributed by atoms with Crippen molar-refractivity contribution in [2.75, 3.05) is 7.05 Å². The van der Waals surface area contributed by atoms with Crippen LogP contribution in [0, 0.1) is 6.92 Å². The molecule has 0 aliphatic carbocycles. The van der Waals surface area contributed by atoms with Crippen molar-refractivity contribution in [2.45, 2.75) is 13.5 Å². The molecule has 7 nitrogen and oxygen atoms in total. The highest BCUT2D eigenvalue weighted by atomic mass is 16.4. The third-order valence-corrected chi connectivity index (χ3v) is 3.27. The number of amides is 1. The number of pyridine rings is 1. The first-order valence-electron chi connectivity index (χ1n) is 6.54. The van der Waals surface area contributed by atoms with E-state index >= 15 is 0 Å². The van der Waals surface area contributed by atoms with E-state index in [4.69, 9.17) is 9.52 Å². The maximum Gasteiger partial charge on any atom is 0.339 e. The Bertz CT molecular complexity index is 787. The minimum Gasteiger partial charge on any atom is -0.478 e. The molecule has 7 heteroatoms. The van der Waals surface area contributed by atoms with Crippen LogP contribution in [0.15, 0.2) is 33.6 Å². The average Bonchev–Trinajstić information content (AvgIpc) is 2.82. The number of aromatic carboxylic acids is 1. The normalized spacial score (nSPS) is 10.5. The van der Waals surface area contributed by atoms with Crippen molar-refractivity contribution in [2.24, 2.45) is 7.05 Å². The summed E-state index contributed by atoms with van der Waals surface area (Å²) in [7, 11) is 3.14. The highest BCUT2D eigenvalue weighted by molar-refractivity contribution is 5.93. The molecule has 2 rings (SSSR count). The summed E-state index contributed by atoms with van der Waals surface area (Å²) >= 11 is 0. The van der Waals surface area contributed by atoms with E-state index in [1.165, 1.54) is 33.9 Å². The first-order chi connectivity index (χ1) is 10.3. The topological polar surface area (TPSA) is 92.8 Å². The van der Waals surface area contributed by atoms with Crippen LogP contribution >= 0.6 is 0 Å². The Kier molecular flexibility index (Phi) is 4.16. The molecule has 2 heterocycles. The van der Waals surface area contributed by atoms with Gasteiger partial charge in [-0.1, -0.05) is 0 Å². The Morgan fingerprint density at radius 2 is 2.05 bits per heavy atom. The number of hydrogen-bond acceptors (Lipinski definition) is 4. The molecular weight excluding hydrogens is 288 g/mol. The molecular formula is C15H16N2O5. The van der Waals surface area contributed by atoms with E-state index in [1.807, 2.05) is 0 Å². The van der Waals surface area contributed by atoms with Crippen LogP contribution in [0.3, 0.4) is 0 Å².